The number of ether oxygens (including phenoxy) is 2. The number of esters is 2. The number of piperidine rings is 2. The molecule has 0 N–H and O–H groups in total. The predicted molar refractivity (Wildman–Crippen MR) is 175 cm³/mol. The first-order valence-corrected chi connectivity index (χ1v) is 15.6. The number of rotatable bonds is 7. The maximum atomic E-state index is 15.4. The Hall–Kier alpha value is -5.06. The number of nitrogens with zero attached hydrogens (tertiary/aromatic N) is 5. The van der Waals surface area contributed by atoms with Crippen LogP contribution < -0.4 is 0 Å². The summed E-state index contributed by atoms with van der Waals surface area (Å²) in [5.41, 5.74) is -0.308. The lowest BCUT2D eigenvalue weighted by Gasteiger charge is -2.60. The molecule has 2 saturated heterocycles. The summed E-state index contributed by atoms with van der Waals surface area (Å²) in [7, 11) is 4.38. The van der Waals surface area contributed by atoms with Crippen LogP contribution in [0.1, 0.15) is 29.2 Å². The Morgan fingerprint density at radius 1 is 0.745 bits per heavy atom. The van der Waals surface area contributed by atoms with Gasteiger partial charge in [0, 0.05) is 48.7 Å². The maximum absolute atomic E-state index is 15.4. The van der Waals surface area contributed by atoms with E-state index >= 15 is 4.79 Å². The normalized spacial score (nSPS) is 24.7. The Kier molecular flexibility index (Phi) is 7.77. The number of hydrogen-bond acceptors (Lipinski definition) is 10. The molecule has 5 aromatic rings. The highest BCUT2D eigenvalue weighted by atomic mass is 16.5. The molecule has 3 aromatic heterocycles. The first kappa shape index (κ1) is 30.6. The van der Waals surface area contributed by atoms with Crippen molar-refractivity contribution in [2.75, 3.05) is 40.9 Å². The Bertz CT molecular complexity index is 1880. The fraction of sp³-hybridized carbons (Fsp3) is 0.297. The van der Waals surface area contributed by atoms with E-state index in [1.165, 1.54) is 14.2 Å². The highest BCUT2D eigenvalue weighted by Crippen LogP contribution is 2.60. The molecule has 4 unspecified atom stereocenters. The molecule has 10 nitrogen and oxygen atoms in total. The molecule has 0 radical (unpaired) electrons. The van der Waals surface area contributed by atoms with E-state index in [0.717, 1.165) is 27.5 Å². The Balaban J connectivity index is 1.48. The van der Waals surface area contributed by atoms with Crippen molar-refractivity contribution in [2.45, 2.75) is 18.5 Å². The lowest BCUT2D eigenvalue weighted by Crippen LogP contribution is -2.75. The lowest BCUT2D eigenvalue weighted by molar-refractivity contribution is -0.203. The minimum absolute atomic E-state index is 0.0193. The minimum Gasteiger partial charge on any atom is -0.468 e. The summed E-state index contributed by atoms with van der Waals surface area (Å²) in [6, 6.07) is 26.9. The summed E-state index contributed by atoms with van der Waals surface area (Å²) in [6.45, 7) is 0.470. The maximum Gasteiger partial charge on any atom is 0.322 e. The van der Waals surface area contributed by atoms with Gasteiger partial charge in [-0.3, -0.25) is 39.1 Å². The van der Waals surface area contributed by atoms with Crippen molar-refractivity contribution in [3.05, 3.63) is 114 Å². The monoisotopic (exact) mass is 629 g/mol. The van der Waals surface area contributed by atoms with Gasteiger partial charge in [0.25, 0.3) is 0 Å². The molecule has 2 aliphatic heterocycles. The van der Waals surface area contributed by atoms with Crippen LogP contribution in [0.2, 0.25) is 0 Å². The highest BCUT2D eigenvalue weighted by Gasteiger charge is 2.75. The van der Waals surface area contributed by atoms with Crippen molar-refractivity contribution >= 4 is 39.5 Å². The molecule has 238 valence electrons. The number of carbonyl (C=O) groups is 3. The van der Waals surface area contributed by atoms with E-state index in [9.17, 15) is 9.59 Å². The summed E-state index contributed by atoms with van der Waals surface area (Å²) in [4.78, 5) is 62.4. The molecule has 2 aliphatic rings. The second-order valence-corrected chi connectivity index (χ2v) is 12.4. The minimum atomic E-state index is -1.82. The van der Waals surface area contributed by atoms with Crippen LogP contribution in [-0.4, -0.2) is 83.4 Å². The number of benzene rings is 2. The molecule has 2 aromatic carbocycles. The van der Waals surface area contributed by atoms with Gasteiger partial charge in [-0.15, -0.1) is 0 Å². The van der Waals surface area contributed by atoms with Crippen LogP contribution >= 0.6 is 0 Å². The summed E-state index contributed by atoms with van der Waals surface area (Å²) in [5, 5.41) is 1.84. The molecule has 7 rings (SSSR count). The SMILES string of the molecule is COC(=O)C12CN(CCc3ccccn3)CC(C(=O)OC)(C1=O)C(c1ccc3ccccc3n1)N(C)C2c1ccc2ccccc2n1. The van der Waals surface area contributed by atoms with Gasteiger partial charge < -0.3 is 9.47 Å². The van der Waals surface area contributed by atoms with Crippen molar-refractivity contribution < 1.29 is 23.9 Å². The molecule has 5 heterocycles. The summed E-state index contributed by atoms with van der Waals surface area (Å²) < 4.78 is 10.9. The second-order valence-electron chi connectivity index (χ2n) is 12.4. The van der Waals surface area contributed by atoms with Crippen LogP contribution in [0.4, 0.5) is 0 Å². The van der Waals surface area contributed by atoms with Gasteiger partial charge >= 0.3 is 11.9 Å². The number of pyridine rings is 3. The van der Waals surface area contributed by atoms with Gasteiger partial charge in [-0.25, -0.2) is 0 Å². The number of para-hydroxylation sites is 2. The molecule has 10 heteroatoms. The quantitative estimate of drug-likeness (QED) is 0.190. The lowest BCUT2D eigenvalue weighted by atomic mass is 9.54. The van der Waals surface area contributed by atoms with Crippen LogP contribution in [-0.2, 0) is 30.3 Å². The molecule has 0 saturated carbocycles. The van der Waals surface area contributed by atoms with E-state index < -0.39 is 40.6 Å². The Morgan fingerprint density at radius 2 is 1.26 bits per heavy atom. The number of methoxy groups -OCH3 is 2. The number of likely N-dealkylation sites (tertiary alicyclic amines) is 2. The molecular formula is C37H35N5O5. The molecule has 4 atom stereocenters. The zero-order valence-corrected chi connectivity index (χ0v) is 26.5. The number of ketones is 1. The van der Waals surface area contributed by atoms with E-state index in [2.05, 4.69) is 4.98 Å². The Morgan fingerprint density at radius 3 is 1.74 bits per heavy atom. The van der Waals surface area contributed by atoms with E-state index in [1.54, 1.807) is 6.20 Å². The average Bonchev–Trinajstić information content (AvgIpc) is 3.11. The Labute approximate surface area is 272 Å². The van der Waals surface area contributed by atoms with E-state index in [-0.39, 0.29) is 13.1 Å². The van der Waals surface area contributed by atoms with Crippen molar-refractivity contribution in [2.24, 2.45) is 10.8 Å². The molecule has 47 heavy (non-hydrogen) atoms. The van der Waals surface area contributed by atoms with E-state index in [1.807, 2.05) is 108 Å². The third-order valence-electron chi connectivity index (χ3n) is 9.81. The molecule has 0 aliphatic carbocycles. The summed E-state index contributed by atoms with van der Waals surface area (Å²) in [6.07, 6.45) is 2.27. The van der Waals surface area contributed by atoms with Crippen LogP contribution in [0.25, 0.3) is 21.8 Å². The third kappa shape index (κ3) is 4.78. The van der Waals surface area contributed by atoms with Crippen LogP contribution in [0.15, 0.2) is 97.2 Å². The smallest absolute Gasteiger partial charge is 0.322 e. The van der Waals surface area contributed by atoms with Gasteiger partial charge in [-0.2, -0.15) is 0 Å². The zero-order valence-electron chi connectivity index (χ0n) is 26.5. The van der Waals surface area contributed by atoms with Crippen molar-refractivity contribution in [1.82, 2.24) is 24.8 Å². The standard InChI is InChI=1S/C37H35N5O5/c1-41-31(29-17-15-24-10-4-6-13-27(24)39-29)36(34(44)46-2)22-42(21-19-26-12-8-9-20-38-26)23-37(33(36)43,35(45)47-3)32(41)30-18-16-25-11-5-7-14-28(25)40-30/h4-18,20,31-32H,19,21-23H2,1-3H3. The van der Waals surface area contributed by atoms with E-state index in [0.29, 0.717) is 24.4 Å². The fourth-order valence-corrected chi connectivity index (χ4v) is 7.84. The molecule has 2 bridgehead atoms. The molecule has 2 fully saturated rings. The van der Waals surface area contributed by atoms with Crippen molar-refractivity contribution in [3.8, 4) is 0 Å². The van der Waals surface area contributed by atoms with Gasteiger partial charge in [0.1, 0.15) is 0 Å². The number of aromatic nitrogens is 3. The van der Waals surface area contributed by atoms with Crippen LogP contribution in [0.3, 0.4) is 0 Å². The molecule has 0 amide bonds. The van der Waals surface area contributed by atoms with Crippen molar-refractivity contribution in [1.29, 1.82) is 0 Å². The summed E-state index contributed by atoms with van der Waals surface area (Å²) in [5.74, 6) is -2.00. The largest absolute Gasteiger partial charge is 0.468 e. The van der Waals surface area contributed by atoms with Gasteiger partial charge in [0.2, 0.25) is 0 Å². The van der Waals surface area contributed by atoms with Gasteiger partial charge in [-0.1, -0.05) is 54.6 Å². The molecular weight excluding hydrogens is 594 g/mol. The van der Waals surface area contributed by atoms with Gasteiger partial charge in [0.05, 0.1) is 48.7 Å². The van der Waals surface area contributed by atoms with E-state index in [4.69, 9.17) is 19.4 Å². The van der Waals surface area contributed by atoms with Gasteiger partial charge in [-0.05, 0) is 43.4 Å². The average molecular weight is 630 g/mol. The number of carbonyl (C=O) groups excluding carboxylic acids is 3. The fourth-order valence-electron chi connectivity index (χ4n) is 7.84. The van der Waals surface area contributed by atoms with Crippen LogP contribution in [0.5, 0.6) is 0 Å². The first-order valence-electron chi connectivity index (χ1n) is 15.6. The third-order valence-corrected chi connectivity index (χ3v) is 9.81. The topological polar surface area (TPSA) is 115 Å². The second kappa shape index (κ2) is 11.9. The molecule has 0 spiro atoms. The number of fused-ring (bicyclic) bond motifs is 4. The predicted octanol–water partition coefficient (Wildman–Crippen LogP) is 4.35. The highest BCUT2D eigenvalue weighted by molar-refractivity contribution is 6.17. The number of hydrogen-bond donors (Lipinski definition) is 0. The zero-order chi connectivity index (χ0) is 32.8. The van der Waals surface area contributed by atoms with Crippen LogP contribution in [0, 0.1) is 10.8 Å². The first-order chi connectivity index (χ1) is 22.8. The summed E-state index contributed by atoms with van der Waals surface area (Å²) >= 11 is 0. The van der Waals surface area contributed by atoms with Crippen molar-refractivity contribution in [3.63, 3.8) is 0 Å². The van der Waals surface area contributed by atoms with Gasteiger partial charge in [0.15, 0.2) is 16.6 Å². The number of Topliss-reactive ketones (excluding diaryl/α,β-unsaturated/α-hetero) is 1.